The molecular weight excluding hydrogens is 761 g/mol. The minimum atomic E-state index is -1.23. The van der Waals surface area contributed by atoms with E-state index in [1.54, 1.807) is 0 Å². The number of fused-ring (bicyclic) bond motifs is 1. The maximum Gasteiger partial charge on any atom is 0.303 e. The number of alkyl halides is 1. The Bertz CT molecular complexity index is 2030. The minimum absolute atomic E-state index is 0.0322. The quantitative estimate of drug-likeness (QED) is 0.0985. The van der Waals surface area contributed by atoms with Crippen LogP contribution in [0.15, 0.2) is 78.2 Å². The second-order valence-electron chi connectivity index (χ2n) is 13.8. The van der Waals surface area contributed by atoms with Crippen molar-refractivity contribution in [3.63, 3.8) is 0 Å². The second kappa shape index (κ2) is 20.0. The minimum Gasteiger partial charge on any atom is -0.481 e. The van der Waals surface area contributed by atoms with E-state index in [4.69, 9.17) is 11.6 Å². The number of carboxylic acids is 1. The number of piperidine rings is 1. The predicted molar refractivity (Wildman–Crippen MR) is 211 cm³/mol. The van der Waals surface area contributed by atoms with Gasteiger partial charge in [-0.1, -0.05) is 60.2 Å². The van der Waals surface area contributed by atoms with Crippen LogP contribution in [-0.2, 0) is 48.2 Å². The van der Waals surface area contributed by atoms with Gasteiger partial charge in [0.2, 0.25) is 29.5 Å². The number of carbonyl (C=O) groups is 6. The van der Waals surface area contributed by atoms with Gasteiger partial charge in [-0.25, -0.2) is 4.39 Å². The molecule has 5 N–H and O–H groups in total. The first kappa shape index (κ1) is 41.8. The summed E-state index contributed by atoms with van der Waals surface area (Å²) in [5, 5.41) is 23.2. The number of carbonyl (C=O) groups excluding carboxylic acids is 5. The number of amides is 5. The summed E-state index contributed by atoms with van der Waals surface area (Å²) in [5.74, 6) is -5.08. The van der Waals surface area contributed by atoms with Crippen LogP contribution in [0.4, 0.5) is 4.39 Å². The molecule has 4 atom stereocenters. The summed E-state index contributed by atoms with van der Waals surface area (Å²) < 4.78 is 14.8. The Morgan fingerprint density at radius 3 is 2.27 bits per heavy atom. The lowest BCUT2D eigenvalue weighted by Gasteiger charge is -2.37. The Morgan fingerprint density at radius 2 is 1.55 bits per heavy atom. The number of hydrogen-bond acceptors (Lipinski definition) is 7. The number of nitrogens with one attached hydrogen (secondary N) is 4. The van der Waals surface area contributed by atoms with E-state index in [-0.39, 0.29) is 38.8 Å². The molecule has 1 aliphatic rings. The van der Waals surface area contributed by atoms with Gasteiger partial charge in [-0.15, -0.1) is 22.9 Å². The highest BCUT2D eigenvalue weighted by atomic mass is 35.5. The molecule has 1 aromatic heterocycles. The van der Waals surface area contributed by atoms with Crippen molar-refractivity contribution in [2.24, 2.45) is 0 Å². The molecule has 1 saturated heterocycles. The highest BCUT2D eigenvalue weighted by molar-refractivity contribution is 7.17. The molecule has 56 heavy (non-hydrogen) atoms. The lowest BCUT2D eigenvalue weighted by Crippen LogP contribution is -2.61. The molecule has 5 amide bonds. The maximum absolute atomic E-state index is 14.4. The number of rotatable bonds is 17. The van der Waals surface area contributed by atoms with Gasteiger partial charge in [0.1, 0.15) is 35.9 Å². The molecule has 12 nitrogen and oxygen atoms in total. The molecule has 0 unspecified atom stereocenters. The molecule has 0 radical (unpaired) electrons. The number of hydrogen-bond donors (Lipinski definition) is 5. The van der Waals surface area contributed by atoms with Crippen molar-refractivity contribution in [1.82, 2.24) is 26.2 Å². The van der Waals surface area contributed by atoms with Crippen molar-refractivity contribution in [3.8, 4) is 0 Å². The fourth-order valence-electron chi connectivity index (χ4n) is 6.67. The summed E-state index contributed by atoms with van der Waals surface area (Å²) in [7, 11) is 0. The Balaban J connectivity index is 1.41. The van der Waals surface area contributed by atoms with Gasteiger partial charge in [0.15, 0.2) is 0 Å². The molecule has 0 saturated carbocycles. The number of thiophene rings is 1. The SMILES string of the molecule is Cc1ccc(CNC(=O)[C@H](Cc2ccc(F)cc2)NC(=O)[C@H](Cc2csc3ccccc23)NC(=O)[C@@H]2CCCCN2C(=O)[C@H](CCC(=O)O)NC(=O)CCl)cc1. The second-order valence-corrected chi connectivity index (χ2v) is 15.0. The van der Waals surface area contributed by atoms with Crippen molar-refractivity contribution in [1.29, 1.82) is 0 Å². The van der Waals surface area contributed by atoms with Gasteiger partial charge >= 0.3 is 5.97 Å². The van der Waals surface area contributed by atoms with Gasteiger partial charge < -0.3 is 31.3 Å². The van der Waals surface area contributed by atoms with Gasteiger partial charge in [0.05, 0.1) is 0 Å². The number of likely N-dealkylation sites (tertiary alicyclic amines) is 1. The smallest absolute Gasteiger partial charge is 0.303 e. The Morgan fingerprint density at radius 1 is 0.857 bits per heavy atom. The number of aliphatic carboxylic acids is 1. The number of carboxylic acid groups (broad SMARTS) is 1. The van der Waals surface area contributed by atoms with E-state index in [0.717, 1.165) is 26.8 Å². The molecule has 15 heteroatoms. The zero-order chi connectivity index (χ0) is 40.2. The third kappa shape index (κ3) is 11.6. The highest BCUT2D eigenvalue weighted by Gasteiger charge is 2.38. The maximum atomic E-state index is 14.4. The van der Waals surface area contributed by atoms with E-state index in [1.165, 1.54) is 40.5 Å². The molecule has 0 bridgehead atoms. The van der Waals surface area contributed by atoms with Crippen LogP contribution in [0, 0.1) is 12.7 Å². The topological polar surface area (TPSA) is 174 Å². The molecular formula is C41H45ClFN5O7S. The van der Waals surface area contributed by atoms with Crippen LogP contribution >= 0.6 is 22.9 Å². The van der Waals surface area contributed by atoms with Crippen LogP contribution in [0.3, 0.4) is 0 Å². The van der Waals surface area contributed by atoms with Crippen molar-refractivity contribution in [2.75, 3.05) is 12.4 Å². The molecule has 0 aliphatic carbocycles. The largest absolute Gasteiger partial charge is 0.481 e. The number of aryl methyl sites for hydroxylation is 1. The number of nitrogens with zero attached hydrogens (tertiary/aromatic N) is 1. The molecule has 4 aromatic rings. The van der Waals surface area contributed by atoms with Crippen molar-refractivity contribution in [3.05, 3.63) is 106 Å². The molecule has 0 spiro atoms. The Kier molecular flexibility index (Phi) is 14.9. The summed E-state index contributed by atoms with van der Waals surface area (Å²) in [6.45, 7) is 2.32. The fourth-order valence-corrected chi connectivity index (χ4v) is 7.72. The zero-order valence-electron chi connectivity index (χ0n) is 30.9. The molecule has 296 valence electrons. The molecule has 3 aromatic carbocycles. The lowest BCUT2D eigenvalue weighted by atomic mass is 9.97. The van der Waals surface area contributed by atoms with Crippen LogP contribution in [-0.4, -0.2) is 82.1 Å². The Hall–Kier alpha value is -5.34. The lowest BCUT2D eigenvalue weighted by molar-refractivity contribution is -0.146. The van der Waals surface area contributed by atoms with Crippen LogP contribution in [0.2, 0.25) is 0 Å². The van der Waals surface area contributed by atoms with Crippen molar-refractivity contribution < 1.29 is 38.3 Å². The zero-order valence-corrected chi connectivity index (χ0v) is 32.5. The van der Waals surface area contributed by atoms with Gasteiger partial charge in [-0.3, -0.25) is 28.8 Å². The third-order valence-corrected chi connectivity index (χ3v) is 10.9. The molecule has 2 heterocycles. The number of halogens is 2. The fraction of sp³-hybridized carbons (Fsp3) is 0.366. The average molecular weight is 806 g/mol. The summed E-state index contributed by atoms with van der Waals surface area (Å²) >= 11 is 7.16. The summed E-state index contributed by atoms with van der Waals surface area (Å²) in [5.41, 5.74) is 3.30. The number of benzene rings is 3. The summed E-state index contributed by atoms with van der Waals surface area (Å²) in [6, 6.07) is 16.3. The van der Waals surface area contributed by atoms with Gasteiger partial charge in [0.25, 0.3) is 0 Å². The van der Waals surface area contributed by atoms with E-state index in [9.17, 15) is 38.3 Å². The monoisotopic (exact) mass is 805 g/mol. The molecule has 5 rings (SSSR count). The van der Waals surface area contributed by atoms with Crippen molar-refractivity contribution >= 4 is 68.5 Å². The first-order valence-corrected chi connectivity index (χ1v) is 19.8. The predicted octanol–water partition coefficient (Wildman–Crippen LogP) is 4.39. The van der Waals surface area contributed by atoms with Crippen LogP contribution in [0.5, 0.6) is 0 Å². The van der Waals surface area contributed by atoms with E-state index in [1.807, 2.05) is 60.8 Å². The first-order valence-electron chi connectivity index (χ1n) is 18.4. The van der Waals surface area contributed by atoms with Crippen LogP contribution in [0.1, 0.15) is 54.4 Å². The van der Waals surface area contributed by atoms with Crippen LogP contribution < -0.4 is 21.3 Å². The van der Waals surface area contributed by atoms with Crippen molar-refractivity contribution in [2.45, 2.75) is 82.6 Å². The van der Waals surface area contributed by atoms with E-state index in [0.29, 0.717) is 18.4 Å². The van der Waals surface area contributed by atoms with Gasteiger partial charge in [-0.2, -0.15) is 0 Å². The normalized spacial score (nSPS) is 15.6. The highest BCUT2D eigenvalue weighted by Crippen LogP contribution is 2.27. The average Bonchev–Trinajstić information content (AvgIpc) is 3.61. The Labute approximate surface area is 333 Å². The first-order chi connectivity index (χ1) is 26.9. The third-order valence-electron chi connectivity index (χ3n) is 9.68. The summed E-state index contributed by atoms with van der Waals surface area (Å²) in [6.07, 6.45) is 0.906. The van der Waals surface area contributed by atoms with E-state index >= 15 is 0 Å². The van der Waals surface area contributed by atoms with E-state index in [2.05, 4.69) is 21.3 Å². The summed E-state index contributed by atoms with van der Waals surface area (Å²) in [4.78, 5) is 81.1. The van der Waals surface area contributed by atoms with Crippen LogP contribution in [0.25, 0.3) is 10.1 Å². The molecule has 1 aliphatic heterocycles. The van der Waals surface area contributed by atoms with Gasteiger partial charge in [-0.05, 0) is 78.3 Å². The van der Waals surface area contributed by atoms with Gasteiger partial charge in [0, 0.05) is 37.1 Å². The standard InChI is InChI=1S/C41H45ClFN5O7S/c1-25-9-11-27(12-10-25)23-44-38(52)32(20-26-13-15-29(43)16-14-26)46-39(53)33(21-28-24-56-35-8-3-2-6-30(28)35)47-40(54)34-7-4-5-19-48(34)41(55)31(17-18-37(50)51)45-36(49)22-42/h2-3,6,8-16,24,31-34H,4-5,7,17-23H2,1H3,(H,44,52)(H,45,49)(H,46,53)(H,47,54)(H,50,51)/t31-,32-,33-,34-/m0/s1. The van der Waals surface area contributed by atoms with E-state index < -0.39 is 77.8 Å². The molecule has 1 fully saturated rings.